The Hall–Kier alpha value is -1.46. The fraction of sp³-hybridized carbons (Fsp3) is 0.857. The SMILES string of the molecule is CN=C(NCC(NC(=O)OC(C)(C)C)C(C)C)N1CCC(NC(=O)OC(C)(C)C)C1.I. The molecule has 182 valence electrons. The second kappa shape index (κ2) is 12.5. The number of carbonyl (C=O) groups is 2. The first-order valence-corrected chi connectivity index (χ1v) is 10.6. The monoisotopic (exact) mass is 555 g/mol. The number of halogens is 1. The van der Waals surface area contributed by atoms with Gasteiger partial charge in [-0.3, -0.25) is 4.99 Å². The van der Waals surface area contributed by atoms with E-state index in [1.54, 1.807) is 7.05 Å². The van der Waals surface area contributed by atoms with E-state index in [2.05, 4.69) is 25.8 Å². The van der Waals surface area contributed by atoms with Crippen molar-refractivity contribution in [3.63, 3.8) is 0 Å². The number of hydrogen-bond donors (Lipinski definition) is 3. The molecule has 1 aliphatic rings. The second-order valence-corrected chi connectivity index (χ2v) is 10.0. The highest BCUT2D eigenvalue weighted by Crippen LogP contribution is 2.13. The lowest BCUT2D eigenvalue weighted by Crippen LogP contribution is -2.51. The molecular formula is C21H42IN5O4. The molecule has 0 bridgehead atoms. The molecule has 0 radical (unpaired) electrons. The van der Waals surface area contributed by atoms with Crippen LogP contribution in [0.25, 0.3) is 0 Å². The Morgan fingerprint density at radius 2 is 1.61 bits per heavy atom. The molecule has 1 heterocycles. The van der Waals surface area contributed by atoms with Crippen LogP contribution < -0.4 is 16.0 Å². The second-order valence-electron chi connectivity index (χ2n) is 10.0. The van der Waals surface area contributed by atoms with Gasteiger partial charge < -0.3 is 30.3 Å². The lowest BCUT2D eigenvalue weighted by molar-refractivity contribution is 0.0486. The normalized spacial score (nSPS) is 18.2. The van der Waals surface area contributed by atoms with E-state index in [1.807, 2.05) is 55.4 Å². The van der Waals surface area contributed by atoms with Crippen LogP contribution in [0.5, 0.6) is 0 Å². The molecule has 2 unspecified atom stereocenters. The molecule has 0 saturated carbocycles. The molecule has 0 aromatic carbocycles. The first kappa shape index (κ1) is 29.5. The molecule has 1 rings (SSSR count). The molecule has 31 heavy (non-hydrogen) atoms. The minimum Gasteiger partial charge on any atom is -0.444 e. The van der Waals surface area contributed by atoms with Gasteiger partial charge in [0.05, 0.1) is 12.1 Å². The molecule has 10 heteroatoms. The van der Waals surface area contributed by atoms with Crippen LogP contribution in [0.1, 0.15) is 61.8 Å². The Kier molecular flexibility index (Phi) is 12.0. The first-order valence-electron chi connectivity index (χ1n) is 10.6. The highest BCUT2D eigenvalue weighted by atomic mass is 127. The third kappa shape index (κ3) is 12.2. The smallest absolute Gasteiger partial charge is 0.407 e. The summed E-state index contributed by atoms with van der Waals surface area (Å²) in [7, 11) is 1.72. The van der Waals surface area contributed by atoms with Gasteiger partial charge in [-0.15, -0.1) is 24.0 Å². The number of guanidine groups is 1. The fourth-order valence-corrected chi connectivity index (χ4v) is 2.99. The maximum atomic E-state index is 12.1. The van der Waals surface area contributed by atoms with Gasteiger partial charge in [0, 0.05) is 26.7 Å². The Balaban J connectivity index is 0.00000900. The Labute approximate surface area is 204 Å². The van der Waals surface area contributed by atoms with Crippen LogP contribution in [0.15, 0.2) is 4.99 Å². The molecule has 0 aromatic rings. The lowest BCUT2D eigenvalue weighted by Gasteiger charge is -2.28. The number of nitrogens with one attached hydrogen (secondary N) is 3. The average molecular weight is 556 g/mol. The van der Waals surface area contributed by atoms with E-state index in [-0.39, 0.29) is 42.0 Å². The van der Waals surface area contributed by atoms with E-state index in [1.165, 1.54) is 0 Å². The molecule has 1 aliphatic heterocycles. The van der Waals surface area contributed by atoms with Gasteiger partial charge in [0.25, 0.3) is 0 Å². The van der Waals surface area contributed by atoms with E-state index in [0.717, 1.165) is 18.9 Å². The molecule has 0 aromatic heterocycles. The van der Waals surface area contributed by atoms with Crippen LogP contribution in [0.2, 0.25) is 0 Å². The van der Waals surface area contributed by atoms with Gasteiger partial charge in [0.1, 0.15) is 11.2 Å². The van der Waals surface area contributed by atoms with Gasteiger partial charge in [-0.1, -0.05) is 13.8 Å². The average Bonchev–Trinajstić information content (AvgIpc) is 2.98. The summed E-state index contributed by atoms with van der Waals surface area (Å²) in [6.07, 6.45) is -0.0245. The Morgan fingerprint density at radius 1 is 1.06 bits per heavy atom. The van der Waals surface area contributed by atoms with Gasteiger partial charge in [0.15, 0.2) is 5.96 Å². The summed E-state index contributed by atoms with van der Waals surface area (Å²) in [5.41, 5.74) is -1.06. The van der Waals surface area contributed by atoms with Crippen LogP contribution in [0.4, 0.5) is 9.59 Å². The molecule has 1 saturated heterocycles. The van der Waals surface area contributed by atoms with Crippen molar-refractivity contribution in [2.24, 2.45) is 10.9 Å². The first-order chi connectivity index (χ1) is 13.7. The zero-order valence-electron chi connectivity index (χ0n) is 20.5. The molecule has 9 nitrogen and oxygen atoms in total. The highest BCUT2D eigenvalue weighted by Gasteiger charge is 2.28. The van der Waals surface area contributed by atoms with Crippen molar-refractivity contribution in [1.82, 2.24) is 20.9 Å². The summed E-state index contributed by atoms with van der Waals surface area (Å²) >= 11 is 0. The van der Waals surface area contributed by atoms with Crippen LogP contribution in [0.3, 0.4) is 0 Å². The quantitative estimate of drug-likeness (QED) is 0.273. The van der Waals surface area contributed by atoms with Gasteiger partial charge >= 0.3 is 12.2 Å². The maximum Gasteiger partial charge on any atom is 0.407 e. The predicted molar refractivity (Wildman–Crippen MR) is 134 cm³/mol. The van der Waals surface area contributed by atoms with Crippen molar-refractivity contribution in [3.05, 3.63) is 0 Å². The van der Waals surface area contributed by atoms with Gasteiger partial charge in [-0.05, 0) is 53.9 Å². The third-order valence-corrected chi connectivity index (χ3v) is 4.41. The Morgan fingerprint density at radius 3 is 2.10 bits per heavy atom. The number of amides is 2. The number of hydrogen-bond acceptors (Lipinski definition) is 5. The predicted octanol–water partition coefficient (Wildman–Crippen LogP) is 3.33. The number of ether oxygens (including phenoxy) is 2. The molecule has 0 aliphatic carbocycles. The summed E-state index contributed by atoms with van der Waals surface area (Å²) in [5, 5.41) is 9.18. The van der Waals surface area contributed by atoms with Crippen molar-refractivity contribution in [2.45, 2.75) is 85.1 Å². The van der Waals surface area contributed by atoms with Gasteiger partial charge in [0.2, 0.25) is 0 Å². The van der Waals surface area contributed by atoms with E-state index < -0.39 is 23.4 Å². The summed E-state index contributed by atoms with van der Waals surface area (Å²) in [5.74, 6) is 0.948. The summed E-state index contributed by atoms with van der Waals surface area (Å²) < 4.78 is 10.7. The Bertz CT molecular complexity index is 614. The maximum absolute atomic E-state index is 12.1. The number of rotatable bonds is 5. The van der Waals surface area contributed by atoms with Crippen LogP contribution in [0, 0.1) is 5.92 Å². The number of nitrogens with zero attached hydrogens (tertiary/aromatic N) is 2. The van der Waals surface area contributed by atoms with Crippen LogP contribution >= 0.6 is 24.0 Å². The van der Waals surface area contributed by atoms with Crippen molar-refractivity contribution in [3.8, 4) is 0 Å². The summed E-state index contributed by atoms with van der Waals surface area (Å²) in [6.45, 7) is 17.1. The largest absolute Gasteiger partial charge is 0.444 e. The summed E-state index contributed by atoms with van der Waals surface area (Å²) in [6, 6.07) is -0.117. The standard InChI is InChI=1S/C21H41N5O4.HI/c1-14(2)16(25-19(28)30-21(6,7)8)12-23-17(22-9)26-11-10-15(13-26)24-18(27)29-20(3,4)5;/h14-16H,10-13H2,1-9H3,(H,22,23)(H,24,27)(H,25,28);1H. The molecule has 2 atom stereocenters. The van der Waals surface area contributed by atoms with E-state index >= 15 is 0 Å². The highest BCUT2D eigenvalue weighted by molar-refractivity contribution is 14.0. The molecule has 1 fully saturated rings. The molecule has 2 amide bonds. The van der Waals surface area contributed by atoms with E-state index in [9.17, 15) is 9.59 Å². The van der Waals surface area contributed by atoms with Gasteiger partial charge in [-0.25, -0.2) is 9.59 Å². The minimum atomic E-state index is -0.541. The zero-order chi connectivity index (χ0) is 23.1. The molecule has 3 N–H and O–H groups in total. The number of carbonyl (C=O) groups excluding carboxylic acids is 2. The molecule has 0 spiro atoms. The molecular weight excluding hydrogens is 513 g/mol. The van der Waals surface area contributed by atoms with Crippen LogP contribution in [-0.2, 0) is 9.47 Å². The van der Waals surface area contributed by atoms with Gasteiger partial charge in [-0.2, -0.15) is 0 Å². The zero-order valence-corrected chi connectivity index (χ0v) is 22.8. The number of alkyl carbamates (subject to hydrolysis) is 2. The third-order valence-electron chi connectivity index (χ3n) is 4.41. The van der Waals surface area contributed by atoms with Crippen molar-refractivity contribution in [2.75, 3.05) is 26.7 Å². The van der Waals surface area contributed by atoms with E-state index in [4.69, 9.17) is 9.47 Å². The lowest BCUT2D eigenvalue weighted by atomic mass is 10.0. The van der Waals surface area contributed by atoms with E-state index in [0.29, 0.717) is 13.1 Å². The van der Waals surface area contributed by atoms with Crippen molar-refractivity contribution < 1.29 is 19.1 Å². The number of aliphatic imine (C=N–C) groups is 1. The van der Waals surface area contributed by atoms with Crippen LogP contribution in [-0.4, -0.2) is 73.0 Å². The minimum absolute atomic E-state index is 0. The fourth-order valence-electron chi connectivity index (χ4n) is 2.99. The number of likely N-dealkylation sites (tertiary alicyclic amines) is 1. The topological polar surface area (TPSA) is 104 Å². The van der Waals surface area contributed by atoms with Crippen molar-refractivity contribution >= 4 is 42.1 Å². The van der Waals surface area contributed by atoms with Crippen molar-refractivity contribution in [1.29, 1.82) is 0 Å². The summed E-state index contributed by atoms with van der Waals surface area (Å²) in [4.78, 5) is 30.6.